The predicted molar refractivity (Wildman–Crippen MR) is 88.0 cm³/mol. The molecule has 2 heterocycles. The number of rotatable bonds is 5. The molecular weight excluding hydrogens is 260 g/mol. The summed E-state index contributed by atoms with van der Waals surface area (Å²) in [5.74, 6) is 1.54. The van der Waals surface area contributed by atoms with E-state index in [0.29, 0.717) is 12.0 Å². The molecule has 3 rings (SSSR count). The van der Waals surface area contributed by atoms with Crippen LogP contribution in [0.2, 0.25) is 0 Å². The third-order valence-corrected chi connectivity index (χ3v) is 4.89. The van der Waals surface area contributed by atoms with Crippen LogP contribution in [0.3, 0.4) is 0 Å². The third-order valence-electron chi connectivity index (χ3n) is 4.89. The number of anilines is 1. The van der Waals surface area contributed by atoms with Crippen molar-refractivity contribution in [1.82, 2.24) is 4.90 Å². The van der Waals surface area contributed by atoms with Crippen LogP contribution < -0.4 is 10.1 Å². The molecule has 0 radical (unpaired) electrons. The van der Waals surface area contributed by atoms with Gasteiger partial charge in [-0.1, -0.05) is 19.9 Å². The van der Waals surface area contributed by atoms with Gasteiger partial charge < -0.3 is 15.0 Å². The highest BCUT2D eigenvalue weighted by molar-refractivity contribution is 5.49. The van der Waals surface area contributed by atoms with Crippen LogP contribution in [0, 0.1) is 5.92 Å². The van der Waals surface area contributed by atoms with Crippen LogP contribution >= 0.6 is 0 Å². The van der Waals surface area contributed by atoms with E-state index in [4.69, 9.17) is 4.74 Å². The maximum absolute atomic E-state index is 5.82. The molecule has 1 N–H and O–H groups in total. The molecule has 0 spiro atoms. The van der Waals surface area contributed by atoms with Crippen molar-refractivity contribution in [3.05, 3.63) is 24.3 Å². The molecule has 0 saturated carbocycles. The summed E-state index contributed by atoms with van der Waals surface area (Å²) in [4.78, 5) is 2.58. The molecule has 0 amide bonds. The molecule has 3 nitrogen and oxygen atoms in total. The van der Waals surface area contributed by atoms with E-state index in [-0.39, 0.29) is 0 Å². The van der Waals surface area contributed by atoms with Gasteiger partial charge in [0.25, 0.3) is 0 Å². The lowest BCUT2D eigenvalue weighted by molar-refractivity contribution is 0.169. The average molecular weight is 288 g/mol. The second kappa shape index (κ2) is 6.27. The minimum Gasteiger partial charge on any atom is -0.493 e. The molecular formula is C18H28N2O. The summed E-state index contributed by atoms with van der Waals surface area (Å²) in [5.41, 5.74) is 1.20. The van der Waals surface area contributed by atoms with Crippen molar-refractivity contribution >= 4 is 5.69 Å². The molecule has 2 atom stereocenters. The van der Waals surface area contributed by atoms with Crippen molar-refractivity contribution in [2.24, 2.45) is 5.92 Å². The highest BCUT2D eigenvalue weighted by Gasteiger charge is 2.38. The van der Waals surface area contributed by atoms with E-state index in [0.717, 1.165) is 24.4 Å². The average Bonchev–Trinajstić information content (AvgIpc) is 2.68. The lowest BCUT2D eigenvalue weighted by Gasteiger charge is -2.37. The molecule has 1 aromatic carbocycles. The summed E-state index contributed by atoms with van der Waals surface area (Å²) in [5, 5.41) is 3.72. The van der Waals surface area contributed by atoms with Gasteiger partial charge in [-0.2, -0.15) is 0 Å². The first kappa shape index (κ1) is 14.7. The second-order valence-electron chi connectivity index (χ2n) is 7.10. The van der Waals surface area contributed by atoms with Crippen molar-refractivity contribution in [1.29, 1.82) is 0 Å². The van der Waals surface area contributed by atoms with Crippen molar-refractivity contribution in [3.8, 4) is 5.75 Å². The number of nitrogens with zero attached hydrogens (tertiary/aromatic N) is 1. The second-order valence-corrected chi connectivity index (χ2v) is 7.10. The Morgan fingerprint density at radius 3 is 2.62 bits per heavy atom. The van der Waals surface area contributed by atoms with Gasteiger partial charge in [0, 0.05) is 29.9 Å². The maximum atomic E-state index is 5.82. The van der Waals surface area contributed by atoms with E-state index in [2.05, 4.69) is 49.3 Å². The first-order chi connectivity index (χ1) is 10.1. The Morgan fingerprint density at radius 1 is 1.24 bits per heavy atom. The summed E-state index contributed by atoms with van der Waals surface area (Å²) < 4.78 is 5.82. The van der Waals surface area contributed by atoms with Crippen molar-refractivity contribution < 1.29 is 4.74 Å². The van der Waals surface area contributed by atoms with E-state index >= 15 is 0 Å². The molecule has 21 heavy (non-hydrogen) atoms. The van der Waals surface area contributed by atoms with E-state index in [1.165, 1.54) is 31.4 Å². The quantitative estimate of drug-likeness (QED) is 0.893. The standard InChI is InChI=1S/C18H28N2O/c1-13(2)12-21-18-6-4-5-14(11-18)19-15-9-16-7-8-17(10-15)20(16)3/h4-6,11,13,15-17,19H,7-10,12H2,1-3H3. The predicted octanol–water partition coefficient (Wildman–Crippen LogP) is 3.76. The highest BCUT2D eigenvalue weighted by atomic mass is 16.5. The van der Waals surface area contributed by atoms with Gasteiger partial charge in [0.2, 0.25) is 0 Å². The van der Waals surface area contributed by atoms with Crippen molar-refractivity contribution in [3.63, 3.8) is 0 Å². The Labute approximate surface area is 128 Å². The minimum atomic E-state index is 0.561. The Balaban J connectivity index is 1.59. The monoisotopic (exact) mass is 288 g/mol. The van der Waals surface area contributed by atoms with Gasteiger partial charge in [-0.3, -0.25) is 0 Å². The smallest absolute Gasteiger partial charge is 0.121 e. The van der Waals surface area contributed by atoms with Gasteiger partial charge in [-0.25, -0.2) is 0 Å². The lowest BCUT2D eigenvalue weighted by Crippen LogP contribution is -2.44. The maximum Gasteiger partial charge on any atom is 0.121 e. The SMILES string of the molecule is CC(C)COc1cccc(NC2CC3CCC(C2)N3C)c1. The van der Waals surface area contributed by atoms with E-state index in [9.17, 15) is 0 Å². The summed E-state index contributed by atoms with van der Waals surface area (Å²) in [6, 6.07) is 10.6. The number of piperidine rings is 1. The zero-order valence-corrected chi connectivity index (χ0v) is 13.5. The molecule has 0 aromatic heterocycles. The van der Waals surface area contributed by atoms with Gasteiger partial charge in [0.05, 0.1) is 6.61 Å². The van der Waals surface area contributed by atoms with Crippen LogP contribution in [-0.2, 0) is 0 Å². The number of fused-ring (bicyclic) bond motifs is 2. The van der Waals surface area contributed by atoms with Gasteiger partial charge in [-0.05, 0) is 50.8 Å². The van der Waals surface area contributed by atoms with Gasteiger partial charge in [-0.15, -0.1) is 0 Å². The van der Waals surface area contributed by atoms with Crippen LogP contribution in [0.15, 0.2) is 24.3 Å². The molecule has 1 aromatic rings. The number of hydrogen-bond acceptors (Lipinski definition) is 3. The largest absolute Gasteiger partial charge is 0.493 e. The first-order valence-corrected chi connectivity index (χ1v) is 8.33. The Bertz CT molecular complexity index is 460. The van der Waals surface area contributed by atoms with Crippen LogP contribution in [0.1, 0.15) is 39.5 Å². The number of hydrogen-bond donors (Lipinski definition) is 1. The van der Waals surface area contributed by atoms with Crippen molar-refractivity contribution in [2.45, 2.75) is 57.7 Å². The summed E-state index contributed by atoms with van der Waals surface area (Å²) >= 11 is 0. The zero-order chi connectivity index (χ0) is 14.8. The fourth-order valence-electron chi connectivity index (χ4n) is 3.70. The van der Waals surface area contributed by atoms with E-state index < -0.39 is 0 Å². The lowest BCUT2D eigenvalue weighted by atomic mass is 9.98. The number of benzene rings is 1. The molecule has 2 bridgehead atoms. The topological polar surface area (TPSA) is 24.5 Å². The fraction of sp³-hybridized carbons (Fsp3) is 0.667. The summed E-state index contributed by atoms with van der Waals surface area (Å²) in [6.45, 7) is 5.13. The molecule has 0 aliphatic carbocycles. The van der Waals surface area contributed by atoms with Crippen LogP contribution in [0.25, 0.3) is 0 Å². The Morgan fingerprint density at radius 2 is 1.95 bits per heavy atom. The van der Waals surface area contributed by atoms with Gasteiger partial charge in [0.1, 0.15) is 5.75 Å². The molecule has 2 aliphatic rings. The molecule has 116 valence electrons. The normalized spacial score (nSPS) is 28.9. The van der Waals surface area contributed by atoms with Crippen molar-refractivity contribution in [2.75, 3.05) is 19.0 Å². The third kappa shape index (κ3) is 3.52. The van der Waals surface area contributed by atoms with Gasteiger partial charge in [0.15, 0.2) is 0 Å². The first-order valence-electron chi connectivity index (χ1n) is 8.33. The Kier molecular flexibility index (Phi) is 4.39. The van der Waals surface area contributed by atoms with Crippen LogP contribution in [0.5, 0.6) is 5.75 Å². The minimum absolute atomic E-state index is 0.561. The van der Waals surface area contributed by atoms with E-state index in [1.54, 1.807) is 0 Å². The Hall–Kier alpha value is -1.22. The van der Waals surface area contributed by atoms with Gasteiger partial charge >= 0.3 is 0 Å². The highest BCUT2D eigenvalue weighted by Crippen LogP contribution is 2.35. The van der Waals surface area contributed by atoms with Crippen LogP contribution in [0.4, 0.5) is 5.69 Å². The fourth-order valence-corrected chi connectivity index (χ4v) is 3.70. The summed E-state index contributed by atoms with van der Waals surface area (Å²) in [6.07, 6.45) is 5.28. The molecule has 3 heteroatoms. The van der Waals surface area contributed by atoms with Crippen LogP contribution in [-0.4, -0.2) is 36.7 Å². The summed E-state index contributed by atoms with van der Waals surface area (Å²) in [7, 11) is 2.29. The molecule has 2 aliphatic heterocycles. The zero-order valence-electron chi connectivity index (χ0n) is 13.5. The number of ether oxygens (including phenoxy) is 1. The molecule has 2 unspecified atom stereocenters. The van der Waals surface area contributed by atoms with E-state index in [1.807, 2.05) is 6.07 Å². The number of nitrogens with one attached hydrogen (secondary N) is 1. The molecule has 2 saturated heterocycles. The molecule has 2 fully saturated rings.